The summed E-state index contributed by atoms with van der Waals surface area (Å²) in [4.78, 5) is 3.96. The Bertz CT molecular complexity index is 467. The lowest BCUT2D eigenvalue weighted by Crippen LogP contribution is -2.34. The summed E-state index contributed by atoms with van der Waals surface area (Å²) < 4.78 is 28.6. The van der Waals surface area contributed by atoms with Crippen molar-refractivity contribution in [2.75, 3.05) is 38.6 Å². The monoisotopic (exact) mass is 297 g/mol. The average molecular weight is 297 g/mol. The predicted molar refractivity (Wildman–Crippen MR) is 82.6 cm³/mol. The zero-order valence-electron chi connectivity index (χ0n) is 13.3. The maximum Gasteiger partial charge on any atom is 0.149 e. The molecule has 2 unspecified atom stereocenters. The number of hydrogen-bond donors (Lipinski definition) is 1. The maximum absolute atomic E-state index is 14.3. The molecule has 0 amide bonds. The fourth-order valence-electron chi connectivity index (χ4n) is 3.10. The van der Waals surface area contributed by atoms with E-state index >= 15 is 0 Å². The van der Waals surface area contributed by atoms with Crippen molar-refractivity contribution in [3.8, 4) is 0 Å². The first kappa shape index (κ1) is 16.2. The quantitative estimate of drug-likeness (QED) is 0.901. The molecule has 0 radical (unpaired) electrons. The summed E-state index contributed by atoms with van der Waals surface area (Å²) >= 11 is 0. The van der Waals surface area contributed by atoms with E-state index in [2.05, 4.69) is 17.1 Å². The summed E-state index contributed by atoms with van der Waals surface area (Å²) in [5.74, 6) is -0.538. The first-order valence-corrected chi connectivity index (χ1v) is 7.54. The standard InChI is InChI=1S/C16H25F2N3/c1-5-19-8-12-6-13(17)16(14(18)7-12)21-9-11(2)15(10-21)20(3)4/h6-7,11,15,19H,5,8-10H2,1-4H3. The number of likely N-dealkylation sites (N-methyl/N-ethyl adjacent to an activating group) is 1. The van der Waals surface area contributed by atoms with Gasteiger partial charge in [0.15, 0.2) is 0 Å². The zero-order valence-corrected chi connectivity index (χ0v) is 13.3. The van der Waals surface area contributed by atoms with Crippen LogP contribution in [0.3, 0.4) is 0 Å². The second-order valence-corrected chi connectivity index (χ2v) is 6.10. The lowest BCUT2D eigenvalue weighted by Gasteiger charge is -2.23. The maximum atomic E-state index is 14.3. The van der Waals surface area contributed by atoms with Crippen LogP contribution in [0, 0.1) is 17.6 Å². The molecule has 21 heavy (non-hydrogen) atoms. The average Bonchev–Trinajstić information content (AvgIpc) is 2.77. The van der Waals surface area contributed by atoms with E-state index in [0.29, 0.717) is 37.2 Å². The zero-order chi connectivity index (χ0) is 15.6. The van der Waals surface area contributed by atoms with E-state index in [0.717, 1.165) is 6.54 Å². The Morgan fingerprint density at radius 1 is 1.24 bits per heavy atom. The first-order valence-electron chi connectivity index (χ1n) is 7.54. The smallest absolute Gasteiger partial charge is 0.149 e. The molecule has 1 N–H and O–H groups in total. The second kappa shape index (κ2) is 6.71. The Kier molecular flexibility index (Phi) is 5.17. The van der Waals surface area contributed by atoms with E-state index in [1.165, 1.54) is 12.1 Å². The van der Waals surface area contributed by atoms with Crippen molar-refractivity contribution in [2.24, 2.45) is 5.92 Å². The highest BCUT2D eigenvalue weighted by Crippen LogP contribution is 2.31. The molecule has 0 saturated carbocycles. The Morgan fingerprint density at radius 3 is 2.33 bits per heavy atom. The van der Waals surface area contributed by atoms with E-state index in [-0.39, 0.29) is 5.69 Å². The van der Waals surface area contributed by atoms with E-state index in [9.17, 15) is 8.78 Å². The fourth-order valence-corrected chi connectivity index (χ4v) is 3.10. The van der Waals surface area contributed by atoms with Gasteiger partial charge in [-0.1, -0.05) is 13.8 Å². The SMILES string of the molecule is CCNCc1cc(F)c(N2CC(C)C(N(C)C)C2)c(F)c1. The molecule has 118 valence electrons. The lowest BCUT2D eigenvalue weighted by atomic mass is 10.1. The molecule has 1 aromatic rings. The molecule has 0 aliphatic carbocycles. The van der Waals surface area contributed by atoms with E-state index in [4.69, 9.17) is 0 Å². The molecule has 1 saturated heterocycles. The van der Waals surface area contributed by atoms with Gasteiger partial charge in [-0.15, -0.1) is 0 Å². The minimum Gasteiger partial charge on any atom is -0.365 e. The minimum absolute atomic E-state index is 0.117. The summed E-state index contributed by atoms with van der Waals surface area (Å²) in [5, 5.41) is 3.08. The van der Waals surface area contributed by atoms with Crippen LogP contribution in [0.5, 0.6) is 0 Å². The van der Waals surface area contributed by atoms with Gasteiger partial charge in [-0.05, 0) is 44.3 Å². The van der Waals surface area contributed by atoms with E-state index in [1.54, 1.807) is 0 Å². The van der Waals surface area contributed by atoms with Crippen molar-refractivity contribution in [1.29, 1.82) is 0 Å². The number of nitrogens with zero attached hydrogens (tertiary/aromatic N) is 2. The molecule has 1 aliphatic rings. The third kappa shape index (κ3) is 3.52. The molecule has 2 rings (SSSR count). The molecule has 3 nitrogen and oxygen atoms in total. The molecule has 1 aliphatic heterocycles. The Balaban J connectivity index is 2.21. The summed E-state index contributed by atoms with van der Waals surface area (Å²) in [6, 6.07) is 3.20. The molecular formula is C16H25F2N3. The fraction of sp³-hybridized carbons (Fsp3) is 0.625. The normalized spacial score (nSPS) is 22.3. The third-order valence-electron chi connectivity index (χ3n) is 4.21. The van der Waals surface area contributed by atoms with Crippen LogP contribution in [0.2, 0.25) is 0 Å². The van der Waals surface area contributed by atoms with E-state index in [1.807, 2.05) is 25.9 Å². The van der Waals surface area contributed by atoms with Gasteiger partial charge >= 0.3 is 0 Å². The predicted octanol–water partition coefficient (Wildman–Crippen LogP) is 2.46. The van der Waals surface area contributed by atoms with Crippen molar-refractivity contribution < 1.29 is 8.78 Å². The molecule has 0 spiro atoms. The van der Waals surface area contributed by atoms with Crippen LogP contribution >= 0.6 is 0 Å². The highest BCUT2D eigenvalue weighted by molar-refractivity contribution is 5.52. The molecule has 1 aromatic carbocycles. The van der Waals surface area contributed by atoms with Crippen LogP contribution in [0.25, 0.3) is 0 Å². The van der Waals surface area contributed by atoms with Gasteiger partial charge in [0.2, 0.25) is 0 Å². The van der Waals surface area contributed by atoms with Gasteiger partial charge in [-0.25, -0.2) is 8.78 Å². The van der Waals surface area contributed by atoms with Crippen LogP contribution in [0.15, 0.2) is 12.1 Å². The first-order chi connectivity index (χ1) is 9.93. The van der Waals surface area contributed by atoms with Gasteiger partial charge < -0.3 is 15.1 Å². The molecule has 0 bridgehead atoms. The van der Waals surface area contributed by atoms with Gasteiger partial charge in [0.25, 0.3) is 0 Å². The lowest BCUT2D eigenvalue weighted by molar-refractivity contribution is 0.266. The van der Waals surface area contributed by atoms with Crippen LogP contribution < -0.4 is 10.2 Å². The summed E-state index contributed by atoms with van der Waals surface area (Å²) in [6.45, 7) is 6.70. The Morgan fingerprint density at radius 2 is 1.86 bits per heavy atom. The topological polar surface area (TPSA) is 18.5 Å². The van der Waals surface area contributed by atoms with Crippen molar-refractivity contribution in [3.63, 3.8) is 0 Å². The van der Waals surface area contributed by atoms with Crippen LogP contribution in [0.4, 0.5) is 14.5 Å². The molecular weight excluding hydrogens is 272 g/mol. The largest absolute Gasteiger partial charge is 0.365 e. The van der Waals surface area contributed by atoms with Gasteiger partial charge in [-0.3, -0.25) is 0 Å². The van der Waals surface area contributed by atoms with Gasteiger partial charge in [0.05, 0.1) is 0 Å². The summed E-state index contributed by atoms with van der Waals surface area (Å²) in [7, 11) is 4.02. The van der Waals surface area contributed by atoms with Crippen molar-refractivity contribution >= 4 is 5.69 Å². The number of rotatable bonds is 5. The summed E-state index contributed by atoms with van der Waals surface area (Å²) in [5.41, 5.74) is 0.762. The number of nitrogens with one attached hydrogen (secondary N) is 1. The molecule has 1 heterocycles. The molecule has 1 fully saturated rings. The van der Waals surface area contributed by atoms with Gasteiger partial charge in [-0.2, -0.15) is 0 Å². The third-order valence-corrected chi connectivity index (χ3v) is 4.21. The van der Waals surface area contributed by atoms with Crippen molar-refractivity contribution in [1.82, 2.24) is 10.2 Å². The highest BCUT2D eigenvalue weighted by Gasteiger charge is 2.33. The van der Waals surface area contributed by atoms with Gasteiger partial charge in [0, 0.05) is 25.7 Å². The Labute approximate surface area is 125 Å². The van der Waals surface area contributed by atoms with Gasteiger partial charge in [0.1, 0.15) is 17.3 Å². The number of benzene rings is 1. The highest BCUT2D eigenvalue weighted by atomic mass is 19.1. The molecule has 2 atom stereocenters. The number of hydrogen-bond acceptors (Lipinski definition) is 3. The van der Waals surface area contributed by atoms with Crippen LogP contribution in [-0.2, 0) is 6.54 Å². The minimum atomic E-state index is -0.463. The van der Waals surface area contributed by atoms with Crippen molar-refractivity contribution in [2.45, 2.75) is 26.4 Å². The van der Waals surface area contributed by atoms with E-state index < -0.39 is 11.6 Å². The van der Waals surface area contributed by atoms with Crippen LogP contribution in [0.1, 0.15) is 19.4 Å². The molecule has 5 heteroatoms. The Hall–Kier alpha value is -1.20. The molecule has 0 aromatic heterocycles. The van der Waals surface area contributed by atoms with Crippen LogP contribution in [-0.4, -0.2) is 44.7 Å². The second-order valence-electron chi connectivity index (χ2n) is 6.10. The summed E-state index contributed by atoms with van der Waals surface area (Å²) in [6.07, 6.45) is 0. The number of halogens is 2. The van der Waals surface area contributed by atoms with Crippen molar-refractivity contribution in [3.05, 3.63) is 29.3 Å². The number of anilines is 1.